The van der Waals surface area contributed by atoms with Gasteiger partial charge < -0.3 is 4.74 Å². The fourth-order valence-electron chi connectivity index (χ4n) is 1.68. The van der Waals surface area contributed by atoms with Crippen LogP contribution in [0.3, 0.4) is 0 Å². The molecule has 0 amide bonds. The van der Waals surface area contributed by atoms with E-state index in [4.69, 9.17) is 16.3 Å². The van der Waals surface area contributed by atoms with Crippen molar-refractivity contribution in [2.75, 3.05) is 7.11 Å². The third kappa shape index (κ3) is 3.09. The van der Waals surface area contributed by atoms with E-state index in [2.05, 4.69) is 4.98 Å². The van der Waals surface area contributed by atoms with Crippen molar-refractivity contribution in [3.05, 3.63) is 58.6 Å². The Bertz CT molecular complexity index is 616. The van der Waals surface area contributed by atoms with Crippen LogP contribution in [0.4, 0.5) is 4.39 Å². The highest BCUT2D eigenvalue weighted by molar-refractivity contribution is 6.33. The van der Waals surface area contributed by atoms with Crippen molar-refractivity contribution in [1.29, 1.82) is 0 Å². The van der Waals surface area contributed by atoms with Crippen LogP contribution in [0.2, 0.25) is 5.02 Å². The quantitative estimate of drug-likeness (QED) is 0.806. The molecule has 2 rings (SSSR count). The van der Waals surface area contributed by atoms with Gasteiger partial charge in [0.15, 0.2) is 17.3 Å². The van der Waals surface area contributed by atoms with E-state index in [0.717, 1.165) is 0 Å². The maximum absolute atomic E-state index is 13.5. The molecule has 0 saturated heterocycles. The minimum Gasteiger partial charge on any atom is -0.494 e. The molecule has 3 nitrogen and oxygen atoms in total. The molecule has 0 aliphatic carbocycles. The molecule has 0 bridgehead atoms. The van der Waals surface area contributed by atoms with Crippen LogP contribution in [0, 0.1) is 5.82 Å². The van der Waals surface area contributed by atoms with Crippen LogP contribution in [0.25, 0.3) is 0 Å². The number of rotatable bonds is 4. The Morgan fingerprint density at radius 2 is 2.21 bits per heavy atom. The van der Waals surface area contributed by atoms with Gasteiger partial charge in [0, 0.05) is 12.6 Å². The second-order valence-electron chi connectivity index (χ2n) is 3.90. The summed E-state index contributed by atoms with van der Waals surface area (Å²) in [5.41, 5.74) is 0.741. The molecule has 0 fully saturated rings. The molecule has 98 valence electrons. The zero-order valence-corrected chi connectivity index (χ0v) is 10.9. The Morgan fingerprint density at radius 3 is 2.84 bits per heavy atom. The average molecular weight is 280 g/mol. The van der Waals surface area contributed by atoms with Crippen molar-refractivity contribution in [3.63, 3.8) is 0 Å². The minimum atomic E-state index is -0.500. The first-order chi connectivity index (χ1) is 9.11. The van der Waals surface area contributed by atoms with Crippen molar-refractivity contribution in [2.45, 2.75) is 6.42 Å². The highest BCUT2D eigenvalue weighted by atomic mass is 35.5. The van der Waals surface area contributed by atoms with Crippen molar-refractivity contribution in [1.82, 2.24) is 4.98 Å². The summed E-state index contributed by atoms with van der Waals surface area (Å²) in [7, 11) is 1.39. The molecule has 2 aromatic rings. The zero-order valence-electron chi connectivity index (χ0n) is 10.2. The van der Waals surface area contributed by atoms with Gasteiger partial charge in [0.2, 0.25) is 0 Å². The van der Waals surface area contributed by atoms with E-state index in [9.17, 15) is 9.18 Å². The van der Waals surface area contributed by atoms with Gasteiger partial charge in [-0.1, -0.05) is 17.7 Å². The van der Waals surface area contributed by atoms with Crippen LogP contribution in [-0.4, -0.2) is 17.9 Å². The lowest BCUT2D eigenvalue weighted by Crippen LogP contribution is -2.07. The largest absolute Gasteiger partial charge is 0.494 e. The molecule has 0 radical (unpaired) electrons. The number of nitrogens with zero attached hydrogens (tertiary/aromatic N) is 1. The fourth-order valence-corrected chi connectivity index (χ4v) is 1.91. The van der Waals surface area contributed by atoms with Gasteiger partial charge in [0.05, 0.1) is 12.1 Å². The van der Waals surface area contributed by atoms with Gasteiger partial charge in [-0.3, -0.25) is 9.78 Å². The van der Waals surface area contributed by atoms with Crippen molar-refractivity contribution in [2.24, 2.45) is 0 Å². The number of benzene rings is 1. The molecule has 1 aromatic carbocycles. The maximum Gasteiger partial charge on any atom is 0.187 e. The molecule has 1 aromatic heterocycles. The van der Waals surface area contributed by atoms with E-state index in [0.29, 0.717) is 10.6 Å². The molecule has 5 heteroatoms. The lowest BCUT2D eigenvalue weighted by molar-refractivity contribution is 0.0988. The minimum absolute atomic E-state index is 0.0393. The number of pyridine rings is 1. The molecule has 0 N–H and O–H groups in total. The SMILES string of the molecule is COc1ccc(CC(=O)c2ncccc2Cl)cc1F. The molecular weight excluding hydrogens is 269 g/mol. The van der Waals surface area contributed by atoms with E-state index in [1.807, 2.05) is 0 Å². The second kappa shape index (κ2) is 5.80. The number of ether oxygens (including phenoxy) is 1. The topological polar surface area (TPSA) is 39.2 Å². The van der Waals surface area contributed by atoms with E-state index in [1.165, 1.54) is 25.4 Å². The maximum atomic E-state index is 13.5. The van der Waals surface area contributed by atoms with Crippen LogP contribution in [0.15, 0.2) is 36.5 Å². The molecule has 0 aliphatic rings. The zero-order chi connectivity index (χ0) is 13.8. The summed E-state index contributed by atoms with van der Waals surface area (Å²) in [4.78, 5) is 15.9. The summed E-state index contributed by atoms with van der Waals surface area (Å²) < 4.78 is 18.3. The summed E-state index contributed by atoms with van der Waals surface area (Å²) in [6, 6.07) is 7.63. The molecule has 19 heavy (non-hydrogen) atoms. The van der Waals surface area contributed by atoms with Crippen LogP contribution in [-0.2, 0) is 6.42 Å². The standard InChI is InChI=1S/C14H11ClFNO2/c1-19-13-5-4-9(7-11(13)16)8-12(18)14-10(15)3-2-6-17-14/h2-7H,8H2,1H3. The molecule has 0 saturated carbocycles. The Labute approximate surface area is 115 Å². The smallest absolute Gasteiger partial charge is 0.187 e. The first kappa shape index (κ1) is 13.5. The third-order valence-corrected chi connectivity index (χ3v) is 2.91. The van der Waals surface area contributed by atoms with Crippen molar-refractivity contribution in [3.8, 4) is 5.75 Å². The Balaban J connectivity index is 2.20. The molecule has 0 unspecified atom stereocenters. The molecule has 0 atom stereocenters. The van der Waals surface area contributed by atoms with E-state index in [-0.39, 0.29) is 23.6 Å². The number of halogens is 2. The lowest BCUT2D eigenvalue weighted by atomic mass is 10.1. The normalized spacial score (nSPS) is 10.3. The molecular formula is C14H11ClFNO2. The van der Waals surface area contributed by atoms with Gasteiger partial charge in [0.1, 0.15) is 5.69 Å². The number of aromatic nitrogens is 1. The highest BCUT2D eigenvalue weighted by Crippen LogP contribution is 2.20. The van der Waals surface area contributed by atoms with Gasteiger partial charge >= 0.3 is 0 Å². The number of hydrogen-bond acceptors (Lipinski definition) is 3. The number of ketones is 1. The van der Waals surface area contributed by atoms with Crippen molar-refractivity contribution < 1.29 is 13.9 Å². The third-order valence-electron chi connectivity index (χ3n) is 2.60. The number of hydrogen-bond donors (Lipinski definition) is 0. The predicted molar refractivity (Wildman–Crippen MR) is 70.2 cm³/mol. The summed E-state index contributed by atoms with van der Waals surface area (Å²) >= 11 is 5.89. The molecule has 0 aliphatic heterocycles. The van der Waals surface area contributed by atoms with Gasteiger partial charge in [-0.2, -0.15) is 0 Å². The van der Waals surface area contributed by atoms with Crippen molar-refractivity contribution >= 4 is 17.4 Å². The Kier molecular flexibility index (Phi) is 4.12. The van der Waals surface area contributed by atoms with Gasteiger partial charge in [-0.25, -0.2) is 4.39 Å². The van der Waals surface area contributed by atoms with Crippen LogP contribution < -0.4 is 4.74 Å². The molecule has 0 spiro atoms. The number of carbonyl (C=O) groups excluding carboxylic acids is 1. The van der Waals surface area contributed by atoms with Gasteiger partial charge in [0.25, 0.3) is 0 Å². The fraction of sp³-hybridized carbons (Fsp3) is 0.143. The van der Waals surface area contributed by atoms with E-state index < -0.39 is 5.82 Å². The molecule has 1 heterocycles. The van der Waals surface area contributed by atoms with E-state index in [1.54, 1.807) is 18.2 Å². The highest BCUT2D eigenvalue weighted by Gasteiger charge is 2.13. The van der Waals surface area contributed by atoms with Crippen LogP contribution in [0.1, 0.15) is 16.1 Å². The number of methoxy groups -OCH3 is 1. The van der Waals surface area contributed by atoms with Gasteiger partial charge in [-0.15, -0.1) is 0 Å². The Morgan fingerprint density at radius 1 is 1.42 bits per heavy atom. The van der Waals surface area contributed by atoms with E-state index >= 15 is 0 Å². The summed E-state index contributed by atoms with van der Waals surface area (Å²) in [5.74, 6) is -0.609. The first-order valence-electron chi connectivity index (χ1n) is 5.58. The predicted octanol–water partition coefficient (Wildman–Crippen LogP) is 3.31. The first-order valence-corrected chi connectivity index (χ1v) is 5.95. The summed E-state index contributed by atoms with van der Waals surface area (Å²) in [6.07, 6.45) is 1.53. The monoisotopic (exact) mass is 279 g/mol. The van der Waals surface area contributed by atoms with Crippen LogP contribution >= 0.6 is 11.6 Å². The summed E-state index contributed by atoms with van der Waals surface area (Å²) in [5, 5.41) is 0.293. The number of carbonyl (C=O) groups is 1. The Hall–Kier alpha value is -1.94. The average Bonchev–Trinajstić information content (AvgIpc) is 2.39. The lowest BCUT2D eigenvalue weighted by Gasteiger charge is -2.05. The van der Waals surface area contributed by atoms with Crippen LogP contribution in [0.5, 0.6) is 5.75 Å². The summed E-state index contributed by atoms with van der Waals surface area (Å²) in [6.45, 7) is 0. The van der Waals surface area contributed by atoms with Gasteiger partial charge in [-0.05, 0) is 29.8 Å². The number of Topliss-reactive ketones (excluding diaryl/α,β-unsaturated/α-hetero) is 1. The second-order valence-corrected chi connectivity index (χ2v) is 4.31.